The van der Waals surface area contributed by atoms with Crippen LogP contribution in [0.2, 0.25) is 0 Å². The number of hydrogen-bond acceptors (Lipinski definition) is 2. The summed E-state index contributed by atoms with van der Waals surface area (Å²) in [6, 6.07) is 0. The summed E-state index contributed by atoms with van der Waals surface area (Å²) < 4.78 is 0.616. The molecule has 0 heterocycles. The maximum absolute atomic E-state index is 4.82. The number of unbranched alkanes of at least 4 members (excludes halogenated alkanes) is 2. The first-order chi connectivity index (χ1) is 8.99. The Bertz CT molecular complexity index is 187. The van der Waals surface area contributed by atoms with Gasteiger partial charge in [0.15, 0.2) is 0 Å². The van der Waals surface area contributed by atoms with Crippen molar-refractivity contribution in [2.75, 3.05) is 13.1 Å². The quantitative estimate of drug-likeness (QED) is 0.324. The molecule has 0 N–H and O–H groups in total. The molecule has 0 saturated heterocycles. The van der Waals surface area contributed by atoms with Gasteiger partial charge in [-0.15, -0.1) is 0 Å². The van der Waals surface area contributed by atoms with E-state index >= 15 is 0 Å². The lowest BCUT2D eigenvalue weighted by molar-refractivity contribution is -0.652. The lowest BCUT2D eigenvalue weighted by Crippen LogP contribution is -2.37. The van der Waals surface area contributed by atoms with Crippen LogP contribution in [-0.4, -0.2) is 16.4 Å². The van der Waals surface area contributed by atoms with Crippen LogP contribution in [0, 0.1) is 11.8 Å². The molecule has 0 rings (SSSR count). The molecule has 0 aromatic rings. The average Bonchev–Trinajstić information content (AvgIpc) is 2.39. The van der Waals surface area contributed by atoms with Crippen molar-refractivity contribution in [3.63, 3.8) is 0 Å². The Morgan fingerprint density at radius 1 is 0.737 bits per heavy atom. The third-order valence-electron chi connectivity index (χ3n) is 4.19. The molecule has 2 unspecified atom stereocenters. The summed E-state index contributed by atoms with van der Waals surface area (Å²) in [7, 11) is 0. The van der Waals surface area contributed by atoms with Crippen molar-refractivity contribution >= 4 is 25.6 Å². The van der Waals surface area contributed by atoms with E-state index in [0.29, 0.717) is 3.29 Å². The van der Waals surface area contributed by atoms with Crippen LogP contribution in [0.25, 0.3) is 0 Å². The summed E-state index contributed by atoms with van der Waals surface area (Å²) in [6.07, 6.45) is 10.5. The van der Waals surface area contributed by atoms with Gasteiger partial charge >= 0.3 is 0 Å². The highest BCUT2D eigenvalue weighted by Gasteiger charge is 2.27. The molecule has 19 heavy (non-hydrogen) atoms. The SMILES string of the molecule is CCCCC(CC)C[N+](S)(S)CC(CC)CCCC. The van der Waals surface area contributed by atoms with Crippen LogP contribution in [0.5, 0.6) is 0 Å². The third kappa shape index (κ3) is 10.1. The Morgan fingerprint density at radius 2 is 1.11 bits per heavy atom. The molecule has 1 nitrogen and oxygen atoms in total. The van der Waals surface area contributed by atoms with E-state index < -0.39 is 0 Å². The van der Waals surface area contributed by atoms with E-state index in [9.17, 15) is 0 Å². The molecule has 0 aliphatic rings. The van der Waals surface area contributed by atoms with Crippen molar-refractivity contribution < 1.29 is 3.29 Å². The Labute approximate surface area is 133 Å². The van der Waals surface area contributed by atoms with E-state index in [2.05, 4.69) is 27.7 Å². The van der Waals surface area contributed by atoms with E-state index in [-0.39, 0.29) is 0 Å². The Balaban J connectivity index is 4.24. The average molecular weight is 307 g/mol. The van der Waals surface area contributed by atoms with Crippen LogP contribution in [-0.2, 0) is 0 Å². The first-order valence-electron chi connectivity index (χ1n) is 8.31. The van der Waals surface area contributed by atoms with Crippen LogP contribution in [0.4, 0.5) is 0 Å². The van der Waals surface area contributed by atoms with E-state index in [1.54, 1.807) is 0 Å². The number of hydrogen-bond donors (Lipinski definition) is 2. The van der Waals surface area contributed by atoms with Crippen molar-refractivity contribution in [2.24, 2.45) is 11.8 Å². The number of rotatable bonds is 12. The zero-order valence-corrected chi connectivity index (χ0v) is 15.4. The number of quaternary nitrogens is 1. The van der Waals surface area contributed by atoms with E-state index in [0.717, 1.165) is 24.9 Å². The second-order valence-electron chi connectivity index (χ2n) is 6.08. The maximum Gasteiger partial charge on any atom is 0.103 e. The fourth-order valence-electron chi connectivity index (χ4n) is 2.74. The van der Waals surface area contributed by atoms with Gasteiger partial charge in [0, 0.05) is 11.8 Å². The fraction of sp³-hybridized carbons (Fsp3) is 1.00. The predicted octanol–water partition coefficient (Wildman–Crippen LogP) is 5.93. The normalized spacial score (nSPS) is 15.5. The van der Waals surface area contributed by atoms with Gasteiger partial charge < -0.3 is 0 Å². The van der Waals surface area contributed by atoms with Gasteiger partial charge in [-0.3, -0.25) is 0 Å². The lowest BCUT2D eigenvalue weighted by Gasteiger charge is -2.31. The summed E-state index contributed by atoms with van der Waals surface area (Å²) in [4.78, 5) is 0. The largest absolute Gasteiger partial charge is 0.205 e. The molecule has 116 valence electrons. The maximum atomic E-state index is 4.82. The summed E-state index contributed by atoms with van der Waals surface area (Å²) in [6.45, 7) is 11.4. The zero-order valence-electron chi connectivity index (χ0n) is 13.6. The molecule has 0 fully saturated rings. The molecule has 2 atom stereocenters. The molecular weight excluding hydrogens is 270 g/mol. The summed E-state index contributed by atoms with van der Waals surface area (Å²) >= 11 is 9.64. The van der Waals surface area contributed by atoms with Gasteiger partial charge in [-0.1, -0.05) is 53.4 Å². The summed E-state index contributed by atoms with van der Waals surface area (Å²) in [5.41, 5.74) is 0. The van der Waals surface area contributed by atoms with E-state index in [1.807, 2.05) is 0 Å². The zero-order chi connectivity index (χ0) is 14.7. The summed E-state index contributed by atoms with van der Waals surface area (Å²) in [5.74, 6) is 1.55. The Hall–Kier alpha value is 0.660. The van der Waals surface area contributed by atoms with Crippen molar-refractivity contribution in [2.45, 2.75) is 79.1 Å². The van der Waals surface area contributed by atoms with Crippen LogP contribution >= 0.6 is 25.6 Å². The first-order valence-corrected chi connectivity index (χ1v) is 9.11. The minimum absolute atomic E-state index is 0.616. The minimum Gasteiger partial charge on any atom is -0.205 e. The Kier molecular flexibility index (Phi) is 11.7. The van der Waals surface area contributed by atoms with Crippen LogP contribution < -0.4 is 0 Å². The predicted molar refractivity (Wildman–Crippen MR) is 94.6 cm³/mol. The molecule has 0 radical (unpaired) electrons. The number of nitrogens with zero attached hydrogens (tertiary/aromatic N) is 1. The molecule has 0 aliphatic carbocycles. The molecule has 0 aromatic heterocycles. The van der Waals surface area contributed by atoms with Gasteiger partial charge in [0.05, 0.1) is 25.6 Å². The second-order valence-corrected chi connectivity index (χ2v) is 7.92. The third-order valence-corrected chi connectivity index (χ3v) is 4.84. The second kappa shape index (κ2) is 11.3. The lowest BCUT2D eigenvalue weighted by atomic mass is 9.97. The highest BCUT2D eigenvalue weighted by Crippen LogP contribution is 2.28. The smallest absolute Gasteiger partial charge is 0.103 e. The molecule has 0 aliphatic heterocycles. The minimum atomic E-state index is 0.616. The first kappa shape index (κ1) is 19.7. The van der Waals surface area contributed by atoms with Gasteiger partial charge in [0.2, 0.25) is 0 Å². The highest BCUT2D eigenvalue weighted by atomic mass is 32.2. The van der Waals surface area contributed by atoms with Crippen LogP contribution in [0.3, 0.4) is 0 Å². The molecule has 0 bridgehead atoms. The molecule has 0 aromatic carbocycles. The van der Waals surface area contributed by atoms with Crippen LogP contribution in [0.15, 0.2) is 0 Å². The van der Waals surface area contributed by atoms with Gasteiger partial charge in [0.25, 0.3) is 0 Å². The Morgan fingerprint density at radius 3 is 1.37 bits per heavy atom. The van der Waals surface area contributed by atoms with Gasteiger partial charge in [-0.05, 0) is 25.7 Å². The standard InChI is InChI=1S/C16H36NS2/c1-5-9-11-15(7-3)13-17(18,19)14-16(8-4)12-10-6-2/h15-16,18-19H,5-14H2,1-4H3/q+1. The van der Waals surface area contributed by atoms with Crippen LogP contribution in [0.1, 0.15) is 79.1 Å². The highest BCUT2D eigenvalue weighted by molar-refractivity contribution is 7.87. The van der Waals surface area contributed by atoms with Gasteiger partial charge in [-0.25, -0.2) is 3.29 Å². The van der Waals surface area contributed by atoms with Gasteiger partial charge in [0.1, 0.15) is 13.1 Å². The molecular formula is C16H36NS2+. The molecule has 3 heteroatoms. The molecule has 0 amide bonds. The van der Waals surface area contributed by atoms with Crippen molar-refractivity contribution in [3.8, 4) is 0 Å². The van der Waals surface area contributed by atoms with Crippen molar-refractivity contribution in [1.82, 2.24) is 0 Å². The van der Waals surface area contributed by atoms with Crippen molar-refractivity contribution in [1.29, 1.82) is 0 Å². The summed E-state index contributed by atoms with van der Waals surface area (Å²) in [5, 5.41) is 0. The monoisotopic (exact) mass is 306 g/mol. The topological polar surface area (TPSA) is 0 Å². The van der Waals surface area contributed by atoms with E-state index in [1.165, 1.54) is 51.4 Å². The molecule has 0 saturated carbocycles. The molecule has 0 spiro atoms. The van der Waals surface area contributed by atoms with Gasteiger partial charge in [-0.2, -0.15) is 0 Å². The fourth-order valence-corrected chi connectivity index (χ4v) is 3.66. The number of thiol groups is 2. The van der Waals surface area contributed by atoms with Crippen molar-refractivity contribution in [3.05, 3.63) is 0 Å². The van der Waals surface area contributed by atoms with E-state index in [4.69, 9.17) is 25.6 Å².